The number of rotatable bonds is 12. The van der Waals surface area contributed by atoms with Crippen LogP contribution in [0, 0.1) is 45.8 Å². The van der Waals surface area contributed by atoms with E-state index in [0.29, 0.717) is 12.8 Å². The Kier molecular flexibility index (Phi) is 8.25. The van der Waals surface area contributed by atoms with E-state index in [4.69, 9.17) is 18.9 Å². The Labute approximate surface area is 243 Å². The Morgan fingerprint density at radius 2 is 1.93 bits per heavy atom. The van der Waals surface area contributed by atoms with Gasteiger partial charge in [0.05, 0.1) is 18.1 Å². The second-order valence-corrected chi connectivity index (χ2v) is 13.7. The maximum Gasteiger partial charge on any atom is 0.315 e. The largest absolute Gasteiger partial charge is 0.481 e. The highest BCUT2D eigenvalue weighted by molar-refractivity contribution is 5.91. The number of carbonyl (C=O) groups excluding carboxylic acids is 2. The predicted molar refractivity (Wildman–Crippen MR) is 149 cm³/mol. The van der Waals surface area contributed by atoms with Crippen LogP contribution in [0.25, 0.3) is 0 Å². The monoisotopic (exact) mass is 576 g/mol. The normalized spacial score (nSPS) is 46.0. The lowest BCUT2D eigenvalue weighted by atomic mass is 9.55. The molecule has 0 aromatic rings. The molecule has 1 aliphatic heterocycles. The van der Waals surface area contributed by atoms with Gasteiger partial charge in [-0.1, -0.05) is 58.6 Å². The number of methoxy groups -OCH3 is 1. The van der Waals surface area contributed by atoms with Crippen LogP contribution >= 0.6 is 0 Å². The molecule has 0 aromatic carbocycles. The maximum atomic E-state index is 13.6. The summed E-state index contributed by atoms with van der Waals surface area (Å²) in [6, 6.07) is 0. The van der Waals surface area contributed by atoms with Crippen LogP contribution in [0.5, 0.6) is 0 Å². The van der Waals surface area contributed by atoms with Gasteiger partial charge in [-0.25, -0.2) is 0 Å². The lowest BCUT2D eigenvalue weighted by Crippen LogP contribution is -2.60. The number of esters is 1. The first-order valence-electron chi connectivity index (χ1n) is 15.6. The molecular formula is C32H48O9. The molecule has 0 radical (unpaired) electrons. The van der Waals surface area contributed by atoms with Crippen LogP contribution in [-0.4, -0.2) is 72.9 Å². The number of fused-ring (bicyclic) bond motifs is 2. The summed E-state index contributed by atoms with van der Waals surface area (Å²) in [6.45, 7) is 10.0. The summed E-state index contributed by atoms with van der Waals surface area (Å²) in [6.07, 6.45) is 3.50. The summed E-state index contributed by atoms with van der Waals surface area (Å²) in [5.41, 5.74) is -2.35. The molecule has 0 aromatic heterocycles. The Morgan fingerprint density at radius 3 is 2.54 bits per heavy atom. The zero-order chi connectivity index (χ0) is 29.9. The summed E-state index contributed by atoms with van der Waals surface area (Å²) in [5, 5.41) is 22.5. The summed E-state index contributed by atoms with van der Waals surface area (Å²) in [7, 11) is 1.49. The number of aldehydes is 1. The standard InChI is InChI=1S/C32H48O9/c1-7-8-9-10-23(34)41-27-25(35)28(40-19(5)26(27)38-6)39-16-31-20-13-22(17(2)3)32(31,29(36)37)30(14-20,15-33)21-12-11-18(4)24(21)31/h13,15,17-21,24-28,35H,7-12,14,16H2,1-6H3,(H,36,37)/t18-,19-,20?,21-,24-,25+,26-,27+,28-,30?,31?,32?/m1/s1. The molecule has 1 heterocycles. The quantitative estimate of drug-likeness (QED) is 0.152. The summed E-state index contributed by atoms with van der Waals surface area (Å²) >= 11 is 0. The molecule has 4 fully saturated rings. The number of allylic oxidation sites excluding steroid dienone is 1. The predicted octanol–water partition coefficient (Wildman–Crippen LogP) is 4.15. The van der Waals surface area contributed by atoms with Crippen molar-refractivity contribution < 1.29 is 43.5 Å². The van der Waals surface area contributed by atoms with Gasteiger partial charge in [0.15, 0.2) is 12.4 Å². The lowest BCUT2D eigenvalue weighted by molar-refractivity contribution is -0.308. The van der Waals surface area contributed by atoms with E-state index in [-0.39, 0.29) is 42.6 Å². The van der Waals surface area contributed by atoms with Crippen LogP contribution in [0.3, 0.4) is 0 Å². The van der Waals surface area contributed by atoms with Gasteiger partial charge in [0.25, 0.3) is 0 Å². The number of aliphatic hydroxyl groups is 1. The molecular weight excluding hydrogens is 528 g/mol. The van der Waals surface area contributed by atoms with Gasteiger partial charge < -0.3 is 34.0 Å². The fourth-order valence-electron chi connectivity index (χ4n) is 10.3. The zero-order valence-corrected chi connectivity index (χ0v) is 25.3. The van der Waals surface area contributed by atoms with Gasteiger partial charge in [0.1, 0.15) is 23.9 Å². The highest BCUT2D eigenvalue weighted by Crippen LogP contribution is 2.87. The van der Waals surface area contributed by atoms with Crippen molar-refractivity contribution in [1.29, 1.82) is 0 Å². The van der Waals surface area contributed by atoms with Crippen LogP contribution in [-0.2, 0) is 33.3 Å². The number of hydrogen-bond donors (Lipinski definition) is 2. The van der Waals surface area contributed by atoms with Crippen LogP contribution in [0.1, 0.15) is 79.6 Å². The highest BCUT2D eigenvalue weighted by atomic mass is 16.7. The molecule has 3 saturated carbocycles. The summed E-state index contributed by atoms with van der Waals surface area (Å²) in [5.74, 6) is -1.33. The van der Waals surface area contributed by atoms with Crippen LogP contribution in [0.15, 0.2) is 11.6 Å². The second kappa shape index (κ2) is 11.0. The van der Waals surface area contributed by atoms with Gasteiger partial charge in [-0.3, -0.25) is 9.59 Å². The number of carbonyl (C=O) groups is 3. The molecule has 4 bridgehead atoms. The average molecular weight is 577 g/mol. The highest BCUT2D eigenvalue weighted by Gasteiger charge is 2.89. The number of aliphatic carboxylic acids is 1. The molecule has 5 rings (SSSR count). The minimum atomic E-state index is -1.37. The first kappa shape index (κ1) is 30.6. The molecule has 230 valence electrons. The van der Waals surface area contributed by atoms with Gasteiger partial charge in [0, 0.05) is 18.9 Å². The van der Waals surface area contributed by atoms with E-state index in [1.807, 2.05) is 13.8 Å². The first-order chi connectivity index (χ1) is 19.5. The van der Waals surface area contributed by atoms with E-state index < -0.39 is 58.9 Å². The van der Waals surface area contributed by atoms with Gasteiger partial charge in [0.2, 0.25) is 0 Å². The Balaban J connectivity index is 1.47. The van der Waals surface area contributed by atoms with E-state index in [0.717, 1.165) is 37.5 Å². The Hall–Kier alpha value is -1.81. The maximum absolute atomic E-state index is 13.6. The van der Waals surface area contributed by atoms with Crippen molar-refractivity contribution in [2.45, 2.75) is 110 Å². The van der Waals surface area contributed by atoms with Crippen molar-refractivity contribution in [3.05, 3.63) is 11.6 Å². The van der Waals surface area contributed by atoms with Crippen LogP contribution < -0.4 is 0 Å². The van der Waals surface area contributed by atoms with Crippen molar-refractivity contribution in [1.82, 2.24) is 0 Å². The molecule has 1 saturated heterocycles. The minimum absolute atomic E-state index is 0.00730. The summed E-state index contributed by atoms with van der Waals surface area (Å²) in [4.78, 5) is 39.3. The fraction of sp³-hybridized carbons (Fsp3) is 0.844. The molecule has 2 N–H and O–H groups in total. The van der Waals surface area contributed by atoms with Gasteiger partial charge in [-0.2, -0.15) is 0 Å². The van der Waals surface area contributed by atoms with E-state index in [9.17, 15) is 24.6 Å². The van der Waals surface area contributed by atoms with Gasteiger partial charge >= 0.3 is 11.9 Å². The third-order valence-electron chi connectivity index (χ3n) is 11.6. The molecule has 4 unspecified atom stereocenters. The Morgan fingerprint density at radius 1 is 1.20 bits per heavy atom. The van der Waals surface area contributed by atoms with Crippen molar-refractivity contribution in [2.24, 2.45) is 45.8 Å². The molecule has 0 spiro atoms. The molecule has 12 atom stereocenters. The van der Waals surface area contributed by atoms with E-state index in [1.54, 1.807) is 6.92 Å². The van der Waals surface area contributed by atoms with Crippen molar-refractivity contribution in [2.75, 3.05) is 13.7 Å². The van der Waals surface area contributed by atoms with Crippen LogP contribution in [0.2, 0.25) is 0 Å². The molecule has 41 heavy (non-hydrogen) atoms. The average Bonchev–Trinajstić information content (AvgIpc) is 3.60. The molecule has 5 aliphatic rings. The molecule has 0 amide bonds. The van der Waals surface area contributed by atoms with Gasteiger partial charge in [-0.15, -0.1) is 0 Å². The third kappa shape index (κ3) is 3.97. The van der Waals surface area contributed by atoms with Crippen molar-refractivity contribution in [3.8, 4) is 0 Å². The molecule has 9 heteroatoms. The minimum Gasteiger partial charge on any atom is -0.481 e. The van der Waals surface area contributed by atoms with Crippen molar-refractivity contribution in [3.63, 3.8) is 0 Å². The smallest absolute Gasteiger partial charge is 0.315 e. The third-order valence-corrected chi connectivity index (χ3v) is 11.6. The van der Waals surface area contributed by atoms with E-state index in [2.05, 4.69) is 19.9 Å². The first-order valence-corrected chi connectivity index (χ1v) is 15.6. The fourth-order valence-corrected chi connectivity index (χ4v) is 10.3. The number of ether oxygens (including phenoxy) is 4. The number of carboxylic acid groups (broad SMARTS) is 1. The van der Waals surface area contributed by atoms with E-state index >= 15 is 0 Å². The second-order valence-electron chi connectivity index (χ2n) is 13.7. The number of hydrogen-bond acceptors (Lipinski definition) is 8. The summed E-state index contributed by atoms with van der Waals surface area (Å²) < 4.78 is 23.9. The topological polar surface area (TPSA) is 129 Å². The number of aliphatic hydroxyl groups excluding tert-OH is 1. The van der Waals surface area contributed by atoms with Gasteiger partial charge in [-0.05, 0) is 55.8 Å². The van der Waals surface area contributed by atoms with E-state index in [1.165, 1.54) is 7.11 Å². The molecule has 4 aliphatic carbocycles. The number of carboxylic acids is 1. The number of unbranched alkanes of at least 4 members (excludes halogenated alkanes) is 2. The molecule has 9 nitrogen and oxygen atoms in total. The lowest BCUT2D eigenvalue weighted by Gasteiger charge is -2.48. The zero-order valence-electron chi connectivity index (χ0n) is 25.3. The van der Waals surface area contributed by atoms with Crippen molar-refractivity contribution >= 4 is 18.2 Å². The Bertz CT molecular complexity index is 1070. The SMILES string of the molecule is CCCCCC(=O)O[C@H]1[C@H](O)[C@H](OCC23C4C=C(C(C)C)C2(C(=O)O)C(C=O)(C4)[C@@H]2CC[C@@H](C)[C@H]23)O[C@H](C)[C@H]1OC. The van der Waals surface area contributed by atoms with Crippen LogP contribution in [0.4, 0.5) is 0 Å².